The molecule has 0 rings (SSSR count). The molecule has 0 fully saturated rings. The molecule has 0 heterocycles. The first kappa shape index (κ1) is 60.5. The Morgan fingerprint density at radius 1 is 0.318 bits per heavy atom. The third-order valence-electron chi connectivity index (χ3n) is 9.43. The molecule has 1 unspecified atom stereocenters. The second-order valence-corrected chi connectivity index (χ2v) is 15.5. The molecule has 0 aliphatic heterocycles. The summed E-state index contributed by atoms with van der Waals surface area (Å²) in [7, 11) is 0. The van der Waals surface area contributed by atoms with Crippen LogP contribution in [0.25, 0.3) is 0 Å². The zero-order chi connectivity index (χ0) is 47.9. The highest BCUT2D eigenvalue weighted by Gasteiger charge is 2.19. The first-order chi connectivity index (χ1) is 32.5. The molecule has 0 spiro atoms. The van der Waals surface area contributed by atoms with Crippen LogP contribution in [0.1, 0.15) is 156 Å². The van der Waals surface area contributed by atoms with Crippen molar-refractivity contribution in [3.63, 3.8) is 0 Å². The molecule has 0 aromatic carbocycles. The summed E-state index contributed by atoms with van der Waals surface area (Å²) in [6.45, 7) is 6.09. The van der Waals surface area contributed by atoms with Gasteiger partial charge in [-0.15, -0.1) is 0 Å². The smallest absolute Gasteiger partial charge is 0.306 e. The van der Waals surface area contributed by atoms with Crippen LogP contribution in [0.5, 0.6) is 0 Å². The van der Waals surface area contributed by atoms with E-state index < -0.39 is 6.10 Å². The van der Waals surface area contributed by atoms with Gasteiger partial charge in [0.25, 0.3) is 0 Å². The molecule has 0 saturated heterocycles. The van der Waals surface area contributed by atoms with Crippen LogP contribution in [0.4, 0.5) is 0 Å². The van der Waals surface area contributed by atoms with E-state index in [9.17, 15) is 14.4 Å². The Kier molecular flexibility index (Phi) is 47.8. The lowest BCUT2D eigenvalue weighted by atomic mass is 10.1. The Bertz CT molecular complexity index is 1650. The maximum atomic E-state index is 12.8. The van der Waals surface area contributed by atoms with Crippen molar-refractivity contribution in [3.05, 3.63) is 182 Å². The van der Waals surface area contributed by atoms with Crippen LogP contribution in [0, 0.1) is 0 Å². The van der Waals surface area contributed by atoms with Gasteiger partial charge in [0.15, 0.2) is 6.10 Å². The second kappa shape index (κ2) is 52.1. The van der Waals surface area contributed by atoms with Crippen LogP contribution >= 0.6 is 0 Å². The Balaban J connectivity index is 4.66. The van der Waals surface area contributed by atoms with Gasteiger partial charge in [-0.1, -0.05) is 222 Å². The standard InChI is InChI=1S/C60H86O6/c1-4-7-10-13-16-19-22-25-27-29-30-31-33-35-38-41-44-47-50-53-59(62)65-56-57(55-64-58(61)52-49-46-43-40-37-34-24-21-18-15-12-9-6-3)66-60(63)54-51-48-45-42-39-36-32-28-26-23-20-17-14-11-8-5-2/h7-13,15-22,24-31,33-39,57H,4-6,14,23,32,40-56H2,1-3H3/b10-7-,11-8-,12-9-,16-13-,18-15-,20-17-,22-19-,24-21-,27-25-,28-26-,30-29+,33-31-,37-34-,38-35-,39-36-. The highest BCUT2D eigenvalue weighted by molar-refractivity contribution is 5.71. The van der Waals surface area contributed by atoms with E-state index in [0.29, 0.717) is 19.3 Å². The second-order valence-electron chi connectivity index (χ2n) is 15.5. The Hall–Kier alpha value is -5.49. The Morgan fingerprint density at radius 3 is 1.00 bits per heavy atom. The number of carbonyl (C=O) groups is 3. The summed E-state index contributed by atoms with van der Waals surface area (Å²) >= 11 is 0. The number of hydrogen-bond acceptors (Lipinski definition) is 6. The molecule has 362 valence electrons. The van der Waals surface area contributed by atoms with Gasteiger partial charge in [-0.2, -0.15) is 0 Å². The highest BCUT2D eigenvalue weighted by Crippen LogP contribution is 2.11. The number of esters is 3. The average molecular weight is 903 g/mol. The van der Waals surface area contributed by atoms with Gasteiger partial charge in [0, 0.05) is 19.3 Å². The quantitative estimate of drug-likeness (QED) is 0.0200. The SMILES string of the molecule is CC\C=C/C=C\C=C/C=C\C=C\C=C/C=C\CCCCCC(=O)OCC(COC(=O)CCCCC\C=C/C=C\C=C/C=C\CC)OC(=O)CCCCC/C=C\C/C=C\C/C=C\C/C=C\CC. The van der Waals surface area contributed by atoms with Crippen molar-refractivity contribution in [2.45, 2.75) is 162 Å². The van der Waals surface area contributed by atoms with Gasteiger partial charge in [0.05, 0.1) is 0 Å². The molecule has 0 amide bonds. The van der Waals surface area contributed by atoms with Gasteiger partial charge >= 0.3 is 17.9 Å². The minimum Gasteiger partial charge on any atom is -0.462 e. The predicted octanol–water partition coefficient (Wildman–Crippen LogP) is 16.6. The Morgan fingerprint density at radius 2 is 0.621 bits per heavy atom. The van der Waals surface area contributed by atoms with Gasteiger partial charge < -0.3 is 14.2 Å². The van der Waals surface area contributed by atoms with E-state index in [1.54, 1.807) is 0 Å². The maximum Gasteiger partial charge on any atom is 0.306 e. The van der Waals surface area contributed by atoms with Crippen LogP contribution in [0.2, 0.25) is 0 Å². The molecule has 0 aromatic heterocycles. The highest BCUT2D eigenvalue weighted by atomic mass is 16.6. The van der Waals surface area contributed by atoms with Crippen LogP contribution in [0.15, 0.2) is 182 Å². The fraction of sp³-hybridized carbons (Fsp3) is 0.450. The zero-order valence-electron chi connectivity index (χ0n) is 41.1. The maximum absolute atomic E-state index is 12.8. The van der Waals surface area contributed by atoms with Crippen molar-refractivity contribution in [1.29, 1.82) is 0 Å². The molecule has 6 nitrogen and oxygen atoms in total. The van der Waals surface area contributed by atoms with E-state index in [0.717, 1.165) is 96.3 Å². The predicted molar refractivity (Wildman–Crippen MR) is 283 cm³/mol. The number of rotatable bonds is 41. The molecule has 0 aromatic rings. The van der Waals surface area contributed by atoms with E-state index in [1.807, 2.05) is 109 Å². The van der Waals surface area contributed by atoms with Gasteiger partial charge in [0.1, 0.15) is 13.2 Å². The molecule has 0 radical (unpaired) electrons. The molecule has 0 N–H and O–H groups in total. The molecule has 0 bridgehead atoms. The number of ether oxygens (including phenoxy) is 3. The topological polar surface area (TPSA) is 78.9 Å². The van der Waals surface area contributed by atoms with E-state index >= 15 is 0 Å². The molecule has 0 aliphatic carbocycles. The van der Waals surface area contributed by atoms with Crippen LogP contribution in [0.3, 0.4) is 0 Å². The van der Waals surface area contributed by atoms with Crippen LogP contribution in [-0.2, 0) is 28.6 Å². The van der Waals surface area contributed by atoms with Crippen molar-refractivity contribution >= 4 is 17.9 Å². The van der Waals surface area contributed by atoms with E-state index in [2.05, 4.69) is 93.7 Å². The van der Waals surface area contributed by atoms with Crippen molar-refractivity contribution in [1.82, 2.24) is 0 Å². The van der Waals surface area contributed by atoms with Crippen LogP contribution in [-0.4, -0.2) is 37.2 Å². The lowest BCUT2D eigenvalue weighted by Gasteiger charge is -2.18. The fourth-order valence-corrected chi connectivity index (χ4v) is 5.78. The minimum absolute atomic E-state index is 0.138. The monoisotopic (exact) mass is 903 g/mol. The first-order valence-electron chi connectivity index (χ1n) is 24.9. The summed E-state index contributed by atoms with van der Waals surface area (Å²) in [6.07, 6.45) is 78.7. The number of unbranched alkanes of at least 4 members (excludes halogenated alkanes) is 9. The fourth-order valence-electron chi connectivity index (χ4n) is 5.78. The summed E-state index contributed by atoms with van der Waals surface area (Å²) in [5.41, 5.74) is 0. The molecular weight excluding hydrogens is 817 g/mol. The molecule has 0 saturated carbocycles. The van der Waals surface area contributed by atoms with E-state index in [-0.39, 0.29) is 50.4 Å². The lowest BCUT2D eigenvalue weighted by molar-refractivity contribution is -0.167. The van der Waals surface area contributed by atoms with Crippen molar-refractivity contribution in [3.8, 4) is 0 Å². The van der Waals surface area contributed by atoms with Gasteiger partial charge in [-0.3, -0.25) is 14.4 Å². The van der Waals surface area contributed by atoms with E-state index in [1.165, 1.54) is 0 Å². The van der Waals surface area contributed by atoms with Gasteiger partial charge in [0.2, 0.25) is 0 Å². The van der Waals surface area contributed by atoms with Crippen molar-refractivity contribution in [2.75, 3.05) is 13.2 Å². The zero-order valence-corrected chi connectivity index (χ0v) is 41.1. The van der Waals surface area contributed by atoms with Crippen LogP contribution < -0.4 is 0 Å². The summed E-state index contributed by atoms with van der Waals surface area (Å²) in [4.78, 5) is 38.0. The summed E-state index contributed by atoms with van der Waals surface area (Å²) < 4.78 is 16.7. The molecule has 6 heteroatoms. The van der Waals surface area contributed by atoms with Crippen molar-refractivity contribution in [2.24, 2.45) is 0 Å². The van der Waals surface area contributed by atoms with Gasteiger partial charge in [-0.05, 0) is 96.3 Å². The third-order valence-corrected chi connectivity index (χ3v) is 9.43. The van der Waals surface area contributed by atoms with Gasteiger partial charge in [-0.25, -0.2) is 0 Å². The third kappa shape index (κ3) is 49.5. The largest absolute Gasteiger partial charge is 0.462 e. The number of carbonyl (C=O) groups excluding carboxylic acids is 3. The molecular formula is C60H86O6. The normalized spacial score (nSPS) is 13.7. The summed E-state index contributed by atoms with van der Waals surface area (Å²) in [6, 6.07) is 0. The average Bonchev–Trinajstić information content (AvgIpc) is 3.31. The minimum atomic E-state index is -0.841. The molecule has 1 atom stereocenters. The Labute approximate surface area is 402 Å². The first-order valence-corrected chi connectivity index (χ1v) is 24.9. The summed E-state index contributed by atoms with van der Waals surface area (Å²) in [5, 5.41) is 0. The van der Waals surface area contributed by atoms with Crippen molar-refractivity contribution < 1.29 is 28.6 Å². The van der Waals surface area contributed by atoms with E-state index in [4.69, 9.17) is 14.2 Å². The molecule has 0 aliphatic rings. The number of hydrogen-bond donors (Lipinski definition) is 0. The molecule has 66 heavy (non-hydrogen) atoms. The summed E-state index contributed by atoms with van der Waals surface area (Å²) in [5.74, 6) is -1.07. The lowest BCUT2D eigenvalue weighted by Crippen LogP contribution is -2.30. The number of allylic oxidation sites excluding steroid dienone is 30.